The summed E-state index contributed by atoms with van der Waals surface area (Å²) in [5.41, 5.74) is 4.77. The first kappa shape index (κ1) is 16.2. The summed E-state index contributed by atoms with van der Waals surface area (Å²) in [6.07, 6.45) is 1.97. The Labute approximate surface area is 134 Å². The molecular weight excluding hydrogens is 329 g/mol. The summed E-state index contributed by atoms with van der Waals surface area (Å²) in [7, 11) is 1.92. The van der Waals surface area contributed by atoms with Crippen molar-refractivity contribution in [3.8, 4) is 0 Å². The average Bonchev–Trinajstić information content (AvgIpc) is 2.47. The first-order valence-corrected chi connectivity index (χ1v) is 8.13. The van der Waals surface area contributed by atoms with Crippen molar-refractivity contribution in [2.45, 2.75) is 32.7 Å². The van der Waals surface area contributed by atoms with E-state index in [1.807, 2.05) is 13.1 Å². The van der Waals surface area contributed by atoms with Crippen LogP contribution >= 0.6 is 15.9 Å². The third kappa shape index (κ3) is 3.72. The molecule has 0 aliphatic rings. The van der Waals surface area contributed by atoms with Gasteiger partial charge in [0.1, 0.15) is 5.82 Å². The summed E-state index contributed by atoms with van der Waals surface area (Å²) in [6.45, 7) is 4.30. The summed E-state index contributed by atoms with van der Waals surface area (Å²) >= 11 is 3.38. The number of hydrogen-bond donors (Lipinski definition) is 1. The number of nitrogens with one attached hydrogen (secondary N) is 1. The lowest BCUT2D eigenvalue weighted by molar-refractivity contribution is 0.614. The van der Waals surface area contributed by atoms with Crippen LogP contribution in [-0.4, -0.2) is 7.05 Å². The van der Waals surface area contributed by atoms with Crippen molar-refractivity contribution in [3.63, 3.8) is 0 Å². The molecule has 2 rings (SSSR count). The zero-order valence-corrected chi connectivity index (χ0v) is 14.3. The molecule has 0 heterocycles. The van der Waals surface area contributed by atoms with E-state index in [1.54, 1.807) is 6.07 Å². The Hall–Kier alpha value is -1.19. The minimum atomic E-state index is -0.218. The molecule has 0 bridgehead atoms. The third-order valence-electron chi connectivity index (χ3n) is 3.82. The van der Waals surface area contributed by atoms with Crippen molar-refractivity contribution < 1.29 is 4.39 Å². The lowest BCUT2D eigenvalue weighted by atomic mass is 9.91. The van der Waals surface area contributed by atoms with Crippen molar-refractivity contribution in [3.05, 3.63) is 68.9 Å². The second-order valence-electron chi connectivity index (χ2n) is 5.16. The van der Waals surface area contributed by atoms with Crippen LogP contribution in [0, 0.1) is 5.82 Å². The quantitative estimate of drug-likeness (QED) is 0.798. The zero-order chi connectivity index (χ0) is 15.4. The Morgan fingerprint density at radius 3 is 2.43 bits per heavy atom. The Kier molecular flexibility index (Phi) is 5.54. The van der Waals surface area contributed by atoms with Crippen molar-refractivity contribution in [2.75, 3.05) is 7.05 Å². The number of halogens is 2. The van der Waals surface area contributed by atoms with Crippen LogP contribution in [0.1, 0.15) is 42.1 Å². The Balaban J connectivity index is 2.54. The van der Waals surface area contributed by atoms with Crippen LogP contribution < -0.4 is 5.32 Å². The summed E-state index contributed by atoms with van der Waals surface area (Å²) in [5, 5.41) is 3.33. The van der Waals surface area contributed by atoms with Crippen LogP contribution in [0.5, 0.6) is 0 Å². The number of rotatable bonds is 5. The molecule has 0 spiro atoms. The van der Waals surface area contributed by atoms with E-state index in [1.165, 1.54) is 22.8 Å². The SMILES string of the molecule is CCc1ccc(CC)c(C(NC)c2cc(F)cc(Br)c2)c1. The molecule has 0 fully saturated rings. The molecule has 1 nitrogen and oxygen atoms in total. The van der Waals surface area contributed by atoms with Gasteiger partial charge >= 0.3 is 0 Å². The molecule has 0 amide bonds. The van der Waals surface area contributed by atoms with E-state index in [0.29, 0.717) is 0 Å². The third-order valence-corrected chi connectivity index (χ3v) is 4.28. The molecule has 1 atom stereocenters. The fourth-order valence-corrected chi connectivity index (χ4v) is 3.18. The van der Waals surface area contributed by atoms with Crippen LogP contribution in [0.15, 0.2) is 40.9 Å². The highest BCUT2D eigenvalue weighted by atomic mass is 79.9. The summed E-state index contributed by atoms with van der Waals surface area (Å²) in [6, 6.07) is 11.7. The fraction of sp³-hybridized carbons (Fsp3) is 0.333. The summed E-state index contributed by atoms with van der Waals surface area (Å²) < 4.78 is 14.5. The van der Waals surface area contributed by atoms with Gasteiger partial charge in [0, 0.05) is 4.47 Å². The van der Waals surface area contributed by atoms with E-state index in [-0.39, 0.29) is 11.9 Å². The lowest BCUT2D eigenvalue weighted by Crippen LogP contribution is -2.19. The molecule has 21 heavy (non-hydrogen) atoms. The average molecular weight is 350 g/mol. The molecule has 0 saturated carbocycles. The molecule has 2 aromatic carbocycles. The van der Waals surface area contributed by atoms with Crippen molar-refractivity contribution in [2.24, 2.45) is 0 Å². The molecule has 0 aliphatic carbocycles. The maximum absolute atomic E-state index is 13.7. The second kappa shape index (κ2) is 7.19. The standard InChI is InChI=1S/C18H21BrFN/c1-4-12-6-7-13(5-2)17(8-12)18(21-3)14-9-15(19)11-16(20)10-14/h6-11,18,21H,4-5H2,1-3H3. The molecule has 1 N–H and O–H groups in total. The van der Waals surface area contributed by atoms with Gasteiger partial charge in [-0.05, 0) is 60.3 Å². The maximum atomic E-state index is 13.7. The molecule has 2 aromatic rings. The zero-order valence-electron chi connectivity index (χ0n) is 12.7. The number of aryl methyl sites for hydroxylation is 2. The molecule has 0 aliphatic heterocycles. The fourth-order valence-electron chi connectivity index (χ4n) is 2.70. The van der Waals surface area contributed by atoms with Crippen LogP contribution in [0.4, 0.5) is 4.39 Å². The Morgan fingerprint density at radius 2 is 1.86 bits per heavy atom. The summed E-state index contributed by atoms with van der Waals surface area (Å²) in [4.78, 5) is 0. The molecule has 0 radical (unpaired) electrons. The topological polar surface area (TPSA) is 12.0 Å². The normalized spacial score (nSPS) is 12.4. The van der Waals surface area contributed by atoms with Gasteiger partial charge in [0.25, 0.3) is 0 Å². The molecule has 3 heteroatoms. The lowest BCUT2D eigenvalue weighted by Gasteiger charge is -2.21. The Bertz CT molecular complexity index is 604. The minimum Gasteiger partial charge on any atom is -0.309 e. The largest absolute Gasteiger partial charge is 0.309 e. The van der Waals surface area contributed by atoms with E-state index >= 15 is 0 Å². The second-order valence-corrected chi connectivity index (χ2v) is 6.08. The number of benzene rings is 2. The molecule has 0 saturated heterocycles. The van der Waals surface area contributed by atoms with E-state index in [9.17, 15) is 4.39 Å². The predicted octanol–water partition coefficient (Wildman–Crippen LogP) is 5.02. The smallest absolute Gasteiger partial charge is 0.124 e. The molecule has 1 unspecified atom stereocenters. The first-order chi connectivity index (χ1) is 10.1. The van der Waals surface area contributed by atoms with Gasteiger partial charge in [-0.2, -0.15) is 0 Å². The minimum absolute atomic E-state index is 0.00144. The first-order valence-electron chi connectivity index (χ1n) is 7.34. The predicted molar refractivity (Wildman–Crippen MR) is 90.2 cm³/mol. The van der Waals surface area contributed by atoms with Gasteiger partial charge in [0.05, 0.1) is 6.04 Å². The van der Waals surface area contributed by atoms with Crippen molar-refractivity contribution in [1.29, 1.82) is 0 Å². The highest BCUT2D eigenvalue weighted by Gasteiger charge is 2.17. The van der Waals surface area contributed by atoms with Gasteiger partial charge in [-0.15, -0.1) is 0 Å². The van der Waals surface area contributed by atoms with Crippen LogP contribution in [0.25, 0.3) is 0 Å². The number of hydrogen-bond acceptors (Lipinski definition) is 1. The van der Waals surface area contributed by atoms with Gasteiger partial charge in [-0.25, -0.2) is 4.39 Å². The summed E-state index contributed by atoms with van der Waals surface area (Å²) in [5.74, 6) is -0.218. The van der Waals surface area contributed by atoms with Crippen molar-refractivity contribution in [1.82, 2.24) is 5.32 Å². The van der Waals surface area contributed by atoms with Crippen LogP contribution in [0.2, 0.25) is 0 Å². The van der Waals surface area contributed by atoms with Gasteiger partial charge < -0.3 is 5.32 Å². The van der Waals surface area contributed by atoms with E-state index in [2.05, 4.69) is 53.3 Å². The Morgan fingerprint density at radius 1 is 1.10 bits per heavy atom. The van der Waals surface area contributed by atoms with Crippen molar-refractivity contribution >= 4 is 15.9 Å². The van der Waals surface area contributed by atoms with E-state index in [4.69, 9.17) is 0 Å². The molecule has 0 aromatic heterocycles. The van der Waals surface area contributed by atoms with Gasteiger partial charge in [-0.3, -0.25) is 0 Å². The molecule has 112 valence electrons. The van der Waals surface area contributed by atoms with Gasteiger partial charge in [0.15, 0.2) is 0 Å². The monoisotopic (exact) mass is 349 g/mol. The van der Waals surface area contributed by atoms with Crippen LogP contribution in [-0.2, 0) is 12.8 Å². The molecular formula is C18H21BrFN. The highest BCUT2D eigenvalue weighted by Crippen LogP contribution is 2.29. The van der Waals surface area contributed by atoms with Gasteiger partial charge in [0.2, 0.25) is 0 Å². The van der Waals surface area contributed by atoms with E-state index < -0.39 is 0 Å². The maximum Gasteiger partial charge on any atom is 0.124 e. The van der Waals surface area contributed by atoms with E-state index in [0.717, 1.165) is 22.9 Å². The highest BCUT2D eigenvalue weighted by molar-refractivity contribution is 9.10. The van der Waals surface area contributed by atoms with Crippen LogP contribution in [0.3, 0.4) is 0 Å². The van der Waals surface area contributed by atoms with Gasteiger partial charge in [-0.1, -0.05) is 48.0 Å².